The van der Waals surface area contributed by atoms with Gasteiger partial charge in [-0.1, -0.05) is 18.5 Å². The van der Waals surface area contributed by atoms with Gasteiger partial charge in [-0.2, -0.15) is 0 Å². The van der Waals surface area contributed by atoms with Crippen molar-refractivity contribution in [2.75, 3.05) is 6.61 Å². The minimum absolute atomic E-state index is 0.387. The summed E-state index contributed by atoms with van der Waals surface area (Å²) in [5.41, 5.74) is 3.15. The zero-order valence-electron chi connectivity index (χ0n) is 11.3. The Morgan fingerprint density at radius 2 is 1.89 bits per heavy atom. The van der Waals surface area contributed by atoms with Gasteiger partial charge in [-0.15, -0.1) is 0 Å². The van der Waals surface area contributed by atoms with Crippen LogP contribution >= 0.6 is 11.6 Å². The molecule has 0 amide bonds. The normalized spacial score (nSPS) is 10.5. The van der Waals surface area contributed by atoms with E-state index < -0.39 is 0 Å². The lowest BCUT2D eigenvalue weighted by Crippen LogP contribution is -1.98. The first-order chi connectivity index (χ1) is 9.11. The first-order valence-electron chi connectivity index (χ1n) is 6.20. The van der Waals surface area contributed by atoms with E-state index in [1.165, 1.54) is 0 Å². The number of ether oxygens (including phenoxy) is 1. The van der Waals surface area contributed by atoms with Gasteiger partial charge in [0.1, 0.15) is 11.4 Å². The molecule has 0 spiro atoms. The Morgan fingerprint density at radius 1 is 1.16 bits per heavy atom. The first-order valence-corrected chi connectivity index (χ1v) is 6.58. The Hall–Kier alpha value is -1.68. The van der Waals surface area contributed by atoms with Gasteiger partial charge in [0.05, 0.1) is 24.2 Å². The third-order valence-corrected chi connectivity index (χ3v) is 2.99. The van der Waals surface area contributed by atoms with Gasteiger partial charge in [-0.25, -0.2) is 9.97 Å². The van der Waals surface area contributed by atoms with Gasteiger partial charge in [-0.05, 0) is 26.3 Å². The monoisotopic (exact) mass is 277 g/mol. The first kappa shape index (κ1) is 13.7. The Kier molecular flexibility index (Phi) is 4.32. The van der Waals surface area contributed by atoms with Crippen LogP contribution in [0, 0.1) is 13.8 Å². The van der Waals surface area contributed by atoms with E-state index in [2.05, 4.69) is 21.9 Å². The number of pyridine rings is 1. The molecule has 0 aliphatic rings. The molecule has 100 valence electrons. The SMILES string of the molecule is CCCOc1cncc(-c2nc(C)c(C)nc2Cl)c1. The van der Waals surface area contributed by atoms with Gasteiger partial charge >= 0.3 is 0 Å². The van der Waals surface area contributed by atoms with E-state index in [-0.39, 0.29) is 0 Å². The lowest BCUT2D eigenvalue weighted by atomic mass is 10.2. The van der Waals surface area contributed by atoms with Crippen molar-refractivity contribution >= 4 is 11.6 Å². The molecule has 2 aromatic heterocycles. The van der Waals surface area contributed by atoms with Gasteiger partial charge in [0.2, 0.25) is 0 Å². The van der Waals surface area contributed by atoms with E-state index in [0.717, 1.165) is 29.1 Å². The summed E-state index contributed by atoms with van der Waals surface area (Å²) in [5, 5.41) is 0.387. The van der Waals surface area contributed by atoms with Crippen LogP contribution in [-0.4, -0.2) is 21.6 Å². The van der Waals surface area contributed by atoms with Gasteiger partial charge in [-0.3, -0.25) is 4.98 Å². The Labute approximate surface area is 117 Å². The molecule has 0 unspecified atom stereocenters. The smallest absolute Gasteiger partial charge is 0.155 e. The number of hydrogen-bond acceptors (Lipinski definition) is 4. The average Bonchev–Trinajstić information content (AvgIpc) is 2.41. The van der Waals surface area contributed by atoms with E-state index in [1.807, 2.05) is 19.9 Å². The van der Waals surface area contributed by atoms with Crippen LogP contribution < -0.4 is 4.74 Å². The number of halogens is 1. The maximum absolute atomic E-state index is 6.15. The average molecular weight is 278 g/mol. The van der Waals surface area contributed by atoms with Crippen molar-refractivity contribution in [1.82, 2.24) is 15.0 Å². The second kappa shape index (κ2) is 5.97. The highest BCUT2D eigenvalue weighted by atomic mass is 35.5. The van der Waals surface area contributed by atoms with Crippen molar-refractivity contribution in [2.24, 2.45) is 0 Å². The molecule has 5 heteroatoms. The van der Waals surface area contributed by atoms with Crippen molar-refractivity contribution in [1.29, 1.82) is 0 Å². The summed E-state index contributed by atoms with van der Waals surface area (Å²) in [5.74, 6) is 0.718. The van der Waals surface area contributed by atoms with Gasteiger partial charge in [0, 0.05) is 11.8 Å². The summed E-state index contributed by atoms with van der Waals surface area (Å²) in [4.78, 5) is 12.9. The quantitative estimate of drug-likeness (QED) is 0.857. The highest BCUT2D eigenvalue weighted by Gasteiger charge is 2.10. The van der Waals surface area contributed by atoms with Gasteiger partial charge in [0.15, 0.2) is 5.15 Å². The fourth-order valence-corrected chi connectivity index (χ4v) is 1.88. The van der Waals surface area contributed by atoms with E-state index in [1.54, 1.807) is 12.4 Å². The van der Waals surface area contributed by atoms with Gasteiger partial charge in [0.25, 0.3) is 0 Å². The molecule has 2 rings (SSSR count). The summed E-state index contributed by atoms with van der Waals surface area (Å²) in [7, 11) is 0. The van der Waals surface area contributed by atoms with Crippen LogP contribution in [0.15, 0.2) is 18.5 Å². The highest BCUT2D eigenvalue weighted by Crippen LogP contribution is 2.27. The molecule has 4 nitrogen and oxygen atoms in total. The maximum atomic E-state index is 6.15. The summed E-state index contributed by atoms with van der Waals surface area (Å²) < 4.78 is 5.56. The molecule has 0 radical (unpaired) electrons. The Morgan fingerprint density at radius 3 is 2.63 bits per heavy atom. The standard InChI is InChI=1S/C14H16ClN3O/c1-4-5-19-12-6-11(7-16-8-12)13-14(15)18-10(3)9(2)17-13/h6-8H,4-5H2,1-3H3. The fraction of sp³-hybridized carbons (Fsp3) is 0.357. The maximum Gasteiger partial charge on any atom is 0.155 e. The third kappa shape index (κ3) is 3.20. The van der Waals surface area contributed by atoms with Crippen LogP contribution in [0.5, 0.6) is 5.75 Å². The summed E-state index contributed by atoms with van der Waals surface area (Å²) in [6.07, 6.45) is 4.35. The van der Waals surface area contributed by atoms with Crippen molar-refractivity contribution in [3.63, 3.8) is 0 Å². The molecular formula is C14H16ClN3O. The lowest BCUT2D eigenvalue weighted by molar-refractivity contribution is 0.316. The topological polar surface area (TPSA) is 47.9 Å². The van der Waals surface area contributed by atoms with Gasteiger partial charge < -0.3 is 4.74 Å². The molecule has 0 aromatic carbocycles. The van der Waals surface area contributed by atoms with Crippen LogP contribution in [-0.2, 0) is 0 Å². The van der Waals surface area contributed by atoms with Crippen LogP contribution in [0.25, 0.3) is 11.3 Å². The Balaban J connectivity index is 2.38. The fourth-order valence-electron chi connectivity index (χ4n) is 1.61. The van der Waals surface area contributed by atoms with E-state index >= 15 is 0 Å². The molecule has 0 bridgehead atoms. The lowest BCUT2D eigenvalue weighted by Gasteiger charge is -2.08. The zero-order chi connectivity index (χ0) is 13.8. The molecule has 19 heavy (non-hydrogen) atoms. The summed E-state index contributed by atoms with van der Waals surface area (Å²) >= 11 is 6.15. The zero-order valence-corrected chi connectivity index (χ0v) is 12.0. The summed E-state index contributed by atoms with van der Waals surface area (Å²) in [6.45, 7) is 6.52. The van der Waals surface area contributed by atoms with Crippen molar-refractivity contribution < 1.29 is 4.74 Å². The van der Waals surface area contributed by atoms with E-state index in [0.29, 0.717) is 17.5 Å². The molecule has 0 N–H and O–H groups in total. The molecule has 0 saturated carbocycles. The second-order valence-electron chi connectivity index (χ2n) is 4.29. The number of hydrogen-bond donors (Lipinski definition) is 0. The molecule has 0 saturated heterocycles. The molecule has 0 fully saturated rings. The molecule has 2 heterocycles. The molecule has 0 atom stereocenters. The predicted octanol–water partition coefficient (Wildman–Crippen LogP) is 3.60. The predicted molar refractivity (Wildman–Crippen MR) is 75.5 cm³/mol. The van der Waals surface area contributed by atoms with Crippen molar-refractivity contribution in [3.05, 3.63) is 35.0 Å². The largest absolute Gasteiger partial charge is 0.492 e. The van der Waals surface area contributed by atoms with E-state index in [9.17, 15) is 0 Å². The molecule has 0 aliphatic heterocycles. The number of aryl methyl sites for hydroxylation is 2. The molecular weight excluding hydrogens is 262 g/mol. The minimum atomic E-state index is 0.387. The van der Waals surface area contributed by atoms with Crippen LogP contribution in [0.3, 0.4) is 0 Å². The minimum Gasteiger partial charge on any atom is -0.492 e. The van der Waals surface area contributed by atoms with Crippen molar-refractivity contribution in [3.8, 4) is 17.0 Å². The Bertz CT molecular complexity index is 587. The van der Waals surface area contributed by atoms with E-state index in [4.69, 9.17) is 16.3 Å². The highest BCUT2D eigenvalue weighted by molar-refractivity contribution is 6.31. The number of rotatable bonds is 4. The van der Waals surface area contributed by atoms with Crippen LogP contribution in [0.4, 0.5) is 0 Å². The number of nitrogens with zero attached hydrogens (tertiary/aromatic N) is 3. The summed E-state index contributed by atoms with van der Waals surface area (Å²) in [6, 6.07) is 1.88. The third-order valence-electron chi connectivity index (χ3n) is 2.72. The van der Waals surface area contributed by atoms with Crippen LogP contribution in [0.1, 0.15) is 24.7 Å². The van der Waals surface area contributed by atoms with Crippen molar-refractivity contribution in [2.45, 2.75) is 27.2 Å². The second-order valence-corrected chi connectivity index (χ2v) is 4.65. The number of aromatic nitrogens is 3. The molecule has 2 aromatic rings. The van der Waals surface area contributed by atoms with Crippen LogP contribution in [0.2, 0.25) is 5.15 Å². The molecule has 0 aliphatic carbocycles.